The van der Waals surface area contributed by atoms with Gasteiger partial charge in [0.1, 0.15) is 0 Å². The van der Waals surface area contributed by atoms with Gasteiger partial charge in [-0.1, -0.05) is 6.07 Å². The molecule has 2 bridgehead atoms. The molecule has 0 unspecified atom stereocenters. The lowest BCUT2D eigenvalue weighted by atomic mass is 9.80. The number of rotatable bonds is 2. The maximum atomic E-state index is 4.19. The Balaban J connectivity index is 1.69. The minimum Gasteiger partial charge on any atom is -0.296 e. The van der Waals surface area contributed by atoms with Crippen molar-refractivity contribution in [3.8, 4) is 0 Å². The Hall–Kier alpha value is -0.890. The van der Waals surface area contributed by atoms with Crippen LogP contribution in [-0.4, -0.2) is 22.5 Å². The third-order valence-corrected chi connectivity index (χ3v) is 3.93. The molecule has 0 atom stereocenters. The fraction of sp³-hybridized carbons (Fsp3) is 0.615. The third-order valence-electron chi connectivity index (χ3n) is 3.93. The molecule has 3 heterocycles. The molecular formula is C13H18N2. The number of nitrogens with zero attached hydrogens (tertiary/aromatic N) is 2. The summed E-state index contributed by atoms with van der Waals surface area (Å²) in [6.07, 6.45) is 9.63. The van der Waals surface area contributed by atoms with E-state index in [0.717, 1.165) is 18.5 Å². The SMILES string of the molecule is c1cncc(CN2CC3CCC2CC3)c1. The zero-order valence-corrected chi connectivity index (χ0v) is 9.10. The van der Waals surface area contributed by atoms with E-state index in [1.54, 1.807) is 0 Å². The molecule has 3 fully saturated rings. The monoisotopic (exact) mass is 202 g/mol. The van der Waals surface area contributed by atoms with Gasteiger partial charge in [0.05, 0.1) is 0 Å². The summed E-state index contributed by atoms with van der Waals surface area (Å²) in [5.41, 5.74) is 1.37. The van der Waals surface area contributed by atoms with Crippen molar-refractivity contribution in [3.63, 3.8) is 0 Å². The molecule has 1 aromatic rings. The summed E-state index contributed by atoms with van der Waals surface area (Å²) in [7, 11) is 0. The molecule has 2 nitrogen and oxygen atoms in total. The largest absolute Gasteiger partial charge is 0.296 e. The molecule has 80 valence electrons. The lowest BCUT2D eigenvalue weighted by molar-refractivity contribution is 0.0425. The second kappa shape index (κ2) is 3.93. The van der Waals surface area contributed by atoms with Crippen molar-refractivity contribution in [3.05, 3.63) is 30.1 Å². The maximum Gasteiger partial charge on any atom is 0.0312 e. The molecule has 1 aliphatic carbocycles. The lowest BCUT2D eigenvalue weighted by Crippen LogP contribution is -2.47. The van der Waals surface area contributed by atoms with Crippen molar-refractivity contribution >= 4 is 0 Å². The topological polar surface area (TPSA) is 16.1 Å². The van der Waals surface area contributed by atoms with E-state index in [1.807, 2.05) is 18.5 Å². The van der Waals surface area contributed by atoms with Gasteiger partial charge in [0, 0.05) is 31.5 Å². The molecule has 4 rings (SSSR count). The number of pyridine rings is 1. The minimum absolute atomic E-state index is 0.857. The second-order valence-corrected chi connectivity index (χ2v) is 4.97. The Kier molecular flexibility index (Phi) is 2.45. The zero-order chi connectivity index (χ0) is 10.1. The van der Waals surface area contributed by atoms with E-state index >= 15 is 0 Å². The van der Waals surface area contributed by atoms with E-state index in [9.17, 15) is 0 Å². The van der Waals surface area contributed by atoms with Crippen LogP contribution in [0.25, 0.3) is 0 Å². The van der Waals surface area contributed by atoms with Crippen LogP contribution in [0.15, 0.2) is 24.5 Å². The van der Waals surface area contributed by atoms with Gasteiger partial charge in [-0.25, -0.2) is 0 Å². The van der Waals surface area contributed by atoms with Gasteiger partial charge in [-0.15, -0.1) is 0 Å². The highest BCUT2D eigenvalue weighted by molar-refractivity contribution is 5.09. The van der Waals surface area contributed by atoms with Crippen molar-refractivity contribution in [1.82, 2.24) is 9.88 Å². The van der Waals surface area contributed by atoms with Gasteiger partial charge in [-0.2, -0.15) is 0 Å². The van der Waals surface area contributed by atoms with E-state index in [-0.39, 0.29) is 0 Å². The molecule has 1 saturated carbocycles. The fourth-order valence-corrected chi connectivity index (χ4v) is 3.09. The second-order valence-electron chi connectivity index (χ2n) is 4.97. The smallest absolute Gasteiger partial charge is 0.0312 e. The first-order chi connectivity index (χ1) is 7.42. The van der Waals surface area contributed by atoms with Crippen LogP contribution < -0.4 is 0 Å². The summed E-state index contributed by atoms with van der Waals surface area (Å²) >= 11 is 0. The number of hydrogen-bond acceptors (Lipinski definition) is 2. The van der Waals surface area contributed by atoms with Crippen LogP contribution >= 0.6 is 0 Å². The molecule has 2 saturated heterocycles. The number of hydrogen-bond donors (Lipinski definition) is 0. The maximum absolute atomic E-state index is 4.19. The highest BCUT2D eigenvalue weighted by Crippen LogP contribution is 2.35. The Morgan fingerprint density at radius 3 is 2.73 bits per heavy atom. The van der Waals surface area contributed by atoms with Crippen molar-refractivity contribution in [2.24, 2.45) is 5.92 Å². The van der Waals surface area contributed by atoms with Crippen LogP contribution in [0.5, 0.6) is 0 Å². The predicted molar refractivity (Wildman–Crippen MR) is 60.4 cm³/mol. The standard InChI is InChI=1S/C13H18N2/c1-2-12(8-14-7-1)10-15-9-11-3-5-13(15)6-4-11/h1-2,7-8,11,13H,3-6,9-10H2. The first kappa shape index (κ1) is 9.34. The van der Waals surface area contributed by atoms with Gasteiger partial charge in [0.2, 0.25) is 0 Å². The predicted octanol–water partition coefficient (Wildman–Crippen LogP) is 2.46. The van der Waals surface area contributed by atoms with E-state index in [1.165, 1.54) is 37.8 Å². The molecule has 0 amide bonds. The molecule has 2 aliphatic heterocycles. The molecule has 0 radical (unpaired) electrons. The summed E-state index contributed by atoms with van der Waals surface area (Å²) in [4.78, 5) is 6.85. The van der Waals surface area contributed by atoms with Crippen LogP contribution in [0.2, 0.25) is 0 Å². The zero-order valence-electron chi connectivity index (χ0n) is 9.10. The average molecular weight is 202 g/mol. The van der Waals surface area contributed by atoms with Crippen molar-refractivity contribution in [1.29, 1.82) is 0 Å². The summed E-state index contributed by atoms with van der Waals surface area (Å²) in [6, 6.07) is 5.09. The summed E-state index contributed by atoms with van der Waals surface area (Å²) in [5, 5.41) is 0. The van der Waals surface area contributed by atoms with E-state index in [4.69, 9.17) is 0 Å². The van der Waals surface area contributed by atoms with Gasteiger partial charge >= 0.3 is 0 Å². The van der Waals surface area contributed by atoms with Gasteiger partial charge in [-0.3, -0.25) is 9.88 Å². The average Bonchev–Trinajstić information content (AvgIpc) is 2.32. The number of aromatic nitrogens is 1. The molecule has 2 heteroatoms. The first-order valence-electron chi connectivity index (χ1n) is 6.05. The third kappa shape index (κ3) is 1.91. The minimum atomic E-state index is 0.857. The van der Waals surface area contributed by atoms with E-state index < -0.39 is 0 Å². The van der Waals surface area contributed by atoms with E-state index in [2.05, 4.69) is 16.0 Å². The molecular weight excluding hydrogens is 184 g/mol. The molecule has 1 aromatic heterocycles. The van der Waals surface area contributed by atoms with Crippen molar-refractivity contribution in [2.75, 3.05) is 6.54 Å². The van der Waals surface area contributed by atoms with Gasteiger partial charge in [-0.05, 0) is 43.2 Å². The number of piperidine rings is 2. The van der Waals surface area contributed by atoms with Gasteiger partial charge in [0.15, 0.2) is 0 Å². The van der Waals surface area contributed by atoms with Gasteiger partial charge in [0.25, 0.3) is 0 Å². The van der Waals surface area contributed by atoms with Gasteiger partial charge < -0.3 is 0 Å². The molecule has 0 aromatic carbocycles. The Morgan fingerprint density at radius 2 is 2.13 bits per heavy atom. The summed E-state index contributed by atoms with van der Waals surface area (Å²) < 4.78 is 0. The van der Waals surface area contributed by atoms with Crippen molar-refractivity contribution in [2.45, 2.75) is 38.3 Å². The van der Waals surface area contributed by atoms with Crippen molar-refractivity contribution < 1.29 is 0 Å². The Labute approximate surface area is 91.3 Å². The summed E-state index contributed by atoms with van der Waals surface area (Å²) in [6.45, 7) is 2.43. The quantitative estimate of drug-likeness (QED) is 0.732. The Morgan fingerprint density at radius 1 is 1.27 bits per heavy atom. The van der Waals surface area contributed by atoms with Crippen LogP contribution in [0.4, 0.5) is 0 Å². The van der Waals surface area contributed by atoms with Crippen LogP contribution in [0.1, 0.15) is 31.2 Å². The highest BCUT2D eigenvalue weighted by atomic mass is 15.2. The summed E-state index contributed by atoms with van der Waals surface area (Å²) in [5.74, 6) is 0.978. The molecule has 3 aliphatic rings. The fourth-order valence-electron chi connectivity index (χ4n) is 3.09. The highest BCUT2D eigenvalue weighted by Gasteiger charge is 2.33. The van der Waals surface area contributed by atoms with Crippen LogP contribution in [0.3, 0.4) is 0 Å². The number of fused-ring (bicyclic) bond motifs is 3. The normalized spacial score (nSPS) is 30.7. The first-order valence-corrected chi connectivity index (χ1v) is 6.05. The molecule has 0 N–H and O–H groups in total. The van der Waals surface area contributed by atoms with Crippen LogP contribution in [-0.2, 0) is 6.54 Å². The van der Waals surface area contributed by atoms with E-state index in [0.29, 0.717) is 0 Å². The molecule has 15 heavy (non-hydrogen) atoms. The Bertz CT molecular complexity index is 315. The molecule has 0 spiro atoms. The lowest BCUT2D eigenvalue weighted by Gasteiger charge is -2.45. The van der Waals surface area contributed by atoms with Crippen LogP contribution in [0, 0.1) is 5.92 Å².